The largest absolute Gasteiger partial charge is 0.375 e. The molecule has 6 nitrogen and oxygen atoms in total. The van der Waals surface area contributed by atoms with E-state index in [2.05, 4.69) is 72.9 Å². The molecule has 1 unspecified atom stereocenters. The maximum atomic E-state index is 12.6. The van der Waals surface area contributed by atoms with Crippen LogP contribution in [0.4, 0.5) is 0 Å². The lowest BCUT2D eigenvalue weighted by Gasteiger charge is -2.37. The average Bonchev–Trinajstić information content (AvgIpc) is 2.64. The molecule has 0 spiro atoms. The fourth-order valence-corrected chi connectivity index (χ4v) is 4.28. The zero-order valence-corrected chi connectivity index (χ0v) is 26.2. The third kappa shape index (κ3) is 25.9. The molecule has 1 atom stereocenters. The first kappa shape index (κ1) is 38.5. The van der Waals surface area contributed by atoms with E-state index in [0.29, 0.717) is 19.6 Å². The van der Waals surface area contributed by atoms with E-state index in [0.717, 1.165) is 25.7 Å². The normalized spacial score (nSPS) is 14.2. The lowest BCUT2D eigenvalue weighted by Crippen LogP contribution is -2.47. The van der Waals surface area contributed by atoms with Crippen molar-refractivity contribution in [2.45, 2.75) is 127 Å². The van der Waals surface area contributed by atoms with Crippen LogP contribution in [0.3, 0.4) is 0 Å². The summed E-state index contributed by atoms with van der Waals surface area (Å²) in [5.41, 5.74) is 5.88. The van der Waals surface area contributed by atoms with Gasteiger partial charge in [0.1, 0.15) is 6.29 Å². The van der Waals surface area contributed by atoms with E-state index < -0.39 is 5.54 Å². The third-order valence-corrected chi connectivity index (χ3v) is 4.99. The maximum absolute atomic E-state index is 12.6. The van der Waals surface area contributed by atoms with Crippen molar-refractivity contribution in [3.05, 3.63) is 0 Å². The molecule has 1 amide bonds. The van der Waals surface area contributed by atoms with Crippen molar-refractivity contribution in [1.29, 1.82) is 0 Å². The van der Waals surface area contributed by atoms with Gasteiger partial charge in [-0.15, -0.1) is 0 Å². The Morgan fingerprint density at radius 3 is 1.66 bits per heavy atom. The molecule has 0 aromatic rings. The minimum Gasteiger partial charge on any atom is -0.375 e. The first-order valence-electron chi connectivity index (χ1n) is 13.3. The Hall–Kier alpha value is -0.980. The fraction of sp³-hybridized carbons (Fsp3) is 0.931. The topological polar surface area (TPSA) is 93.5 Å². The summed E-state index contributed by atoms with van der Waals surface area (Å²) in [6.45, 7) is 31.3. The minimum absolute atomic E-state index is 0.0250. The van der Waals surface area contributed by atoms with Crippen molar-refractivity contribution in [3.8, 4) is 0 Å². The molecule has 0 rings (SSSR count). The van der Waals surface area contributed by atoms with Gasteiger partial charge >= 0.3 is 0 Å². The van der Waals surface area contributed by atoms with Crippen LogP contribution < -0.4 is 16.4 Å². The van der Waals surface area contributed by atoms with Crippen LogP contribution in [-0.2, 0) is 14.3 Å². The molecule has 35 heavy (non-hydrogen) atoms. The van der Waals surface area contributed by atoms with Gasteiger partial charge in [0.2, 0.25) is 5.91 Å². The van der Waals surface area contributed by atoms with Gasteiger partial charge in [-0.3, -0.25) is 4.79 Å². The number of aldehydes is 1. The highest BCUT2D eigenvalue weighted by molar-refractivity contribution is 5.77. The molecular weight excluding hydrogens is 438 g/mol. The standard InChI is InChI=1S/C23H49N3O2.C4H8O.C2H6/c1-19(2,3)28-17-22(8,9)14-23(10,24)12-18(27)26-16-21(6,7)13-20(4,5)15-25-11;1-4(2)3-5;1-2/h25H,12-17,24H2,1-11H3,(H,26,27);3-4H,1-2H3;1-2H3. The number of hydrogen-bond donors (Lipinski definition) is 3. The fourth-order valence-electron chi connectivity index (χ4n) is 4.28. The highest BCUT2D eigenvalue weighted by Gasteiger charge is 2.33. The molecule has 0 bridgehead atoms. The summed E-state index contributed by atoms with van der Waals surface area (Å²) in [6.07, 6.45) is 2.99. The monoisotopic (exact) mass is 501 g/mol. The minimum atomic E-state index is -0.565. The van der Waals surface area contributed by atoms with Gasteiger partial charge < -0.3 is 25.9 Å². The summed E-state index contributed by atoms with van der Waals surface area (Å²) < 4.78 is 5.94. The van der Waals surface area contributed by atoms with Crippen LogP contribution in [0, 0.1) is 22.2 Å². The van der Waals surface area contributed by atoms with Gasteiger partial charge in [-0.1, -0.05) is 69.2 Å². The van der Waals surface area contributed by atoms with E-state index in [1.807, 2.05) is 41.7 Å². The molecule has 0 aliphatic heterocycles. The second-order valence-electron chi connectivity index (χ2n) is 13.8. The summed E-state index contributed by atoms with van der Waals surface area (Å²) in [6, 6.07) is 0. The SMILES string of the molecule is CC.CC(C)C=O.CNCC(C)(C)CC(C)(C)CNC(=O)CC(C)(N)CC(C)(C)COC(C)(C)C. The zero-order chi connectivity index (χ0) is 28.7. The Morgan fingerprint density at radius 1 is 0.857 bits per heavy atom. The molecule has 0 saturated heterocycles. The van der Waals surface area contributed by atoms with Gasteiger partial charge in [-0.2, -0.15) is 0 Å². The van der Waals surface area contributed by atoms with Gasteiger partial charge in [0.15, 0.2) is 0 Å². The number of carbonyl (C=O) groups excluding carboxylic acids is 2. The number of nitrogens with one attached hydrogen (secondary N) is 2. The van der Waals surface area contributed by atoms with Gasteiger partial charge in [-0.25, -0.2) is 0 Å². The number of carbonyl (C=O) groups is 2. The molecule has 0 fully saturated rings. The quantitative estimate of drug-likeness (QED) is 0.270. The number of ether oxygens (including phenoxy) is 1. The van der Waals surface area contributed by atoms with E-state index >= 15 is 0 Å². The van der Waals surface area contributed by atoms with E-state index in [1.165, 1.54) is 0 Å². The summed E-state index contributed by atoms with van der Waals surface area (Å²) in [4.78, 5) is 22.1. The van der Waals surface area contributed by atoms with Crippen LogP contribution in [0.15, 0.2) is 0 Å². The van der Waals surface area contributed by atoms with Crippen LogP contribution >= 0.6 is 0 Å². The average molecular weight is 502 g/mol. The highest BCUT2D eigenvalue weighted by atomic mass is 16.5. The second-order valence-corrected chi connectivity index (χ2v) is 13.8. The third-order valence-electron chi connectivity index (χ3n) is 4.99. The maximum Gasteiger partial charge on any atom is 0.221 e. The van der Waals surface area contributed by atoms with Crippen LogP contribution in [0.5, 0.6) is 0 Å². The molecule has 0 aromatic carbocycles. The molecule has 4 N–H and O–H groups in total. The summed E-state index contributed by atoms with van der Waals surface area (Å²) in [5.74, 6) is 0.229. The van der Waals surface area contributed by atoms with E-state index in [-0.39, 0.29) is 33.7 Å². The summed E-state index contributed by atoms with van der Waals surface area (Å²) in [7, 11) is 1.98. The molecule has 0 radical (unpaired) electrons. The summed E-state index contributed by atoms with van der Waals surface area (Å²) in [5, 5.41) is 6.37. The van der Waals surface area contributed by atoms with Crippen molar-refractivity contribution >= 4 is 12.2 Å². The predicted octanol–water partition coefficient (Wildman–Crippen LogP) is 5.97. The molecule has 0 heterocycles. The number of nitrogens with two attached hydrogens (primary N) is 1. The smallest absolute Gasteiger partial charge is 0.221 e. The predicted molar refractivity (Wildman–Crippen MR) is 153 cm³/mol. The second kappa shape index (κ2) is 16.7. The number of amides is 1. The van der Waals surface area contributed by atoms with Gasteiger partial charge in [-0.05, 0) is 70.4 Å². The molecular formula is C29H63N3O3. The van der Waals surface area contributed by atoms with Gasteiger partial charge in [0, 0.05) is 24.4 Å². The van der Waals surface area contributed by atoms with Crippen molar-refractivity contribution < 1.29 is 14.3 Å². The van der Waals surface area contributed by atoms with Crippen molar-refractivity contribution in [2.75, 3.05) is 26.7 Å². The Balaban J connectivity index is -0.00000129. The van der Waals surface area contributed by atoms with Crippen LogP contribution in [0.2, 0.25) is 0 Å². The molecule has 0 aliphatic carbocycles. The van der Waals surface area contributed by atoms with Crippen molar-refractivity contribution in [1.82, 2.24) is 10.6 Å². The van der Waals surface area contributed by atoms with Gasteiger partial charge in [0.25, 0.3) is 0 Å². The number of hydrogen-bond acceptors (Lipinski definition) is 5. The Kier molecular flexibility index (Phi) is 18.4. The Bertz CT molecular complexity index is 574. The molecule has 0 saturated carbocycles. The zero-order valence-electron chi connectivity index (χ0n) is 26.2. The Labute approximate surface area is 219 Å². The first-order chi connectivity index (χ1) is 15.6. The molecule has 6 heteroatoms. The van der Waals surface area contributed by atoms with E-state index in [1.54, 1.807) is 0 Å². The van der Waals surface area contributed by atoms with Gasteiger partial charge in [0.05, 0.1) is 12.2 Å². The van der Waals surface area contributed by atoms with Crippen molar-refractivity contribution in [2.24, 2.45) is 27.9 Å². The lowest BCUT2D eigenvalue weighted by molar-refractivity contribution is -0.123. The summed E-state index contributed by atoms with van der Waals surface area (Å²) >= 11 is 0. The first-order valence-corrected chi connectivity index (χ1v) is 13.3. The molecule has 0 aliphatic rings. The van der Waals surface area contributed by atoms with E-state index in [4.69, 9.17) is 10.5 Å². The molecule has 0 aromatic heterocycles. The lowest BCUT2D eigenvalue weighted by atomic mass is 9.75. The molecule has 212 valence electrons. The van der Waals surface area contributed by atoms with Crippen molar-refractivity contribution in [3.63, 3.8) is 0 Å². The highest BCUT2D eigenvalue weighted by Crippen LogP contribution is 2.33. The van der Waals surface area contributed by atoms with Crippen LogP contribution in [0.1, 0.15) is 116 Å². The van der Waals surface area contributed by atoms with Crippen LogP contribution in [-0.4, -0.2) is 50.1 Å². The Morgan fingerprint density at radius 2 is 1.29 bits per heavy atom. The van der Waals surface area contributed by atoms with Crippen LogP contribution in [0.25, 0.3) is 0 Å². The number of rotatable bonds is 13. The van der Waals surface area contributed by atoms with E-state index in [9.17, 15) is 9.59 Å².